The second kappa shape index (κ2) is 9.33. The first kappa shape index (κ1) is 21.1. The van der Waals surface area contributed by atoms with E-state index in [-0.39, 0.29) is 24.3 Å². The molecule has 162 valence electrons. The number of fused-ring (bicyclic) bond motifs is 1. The van der Waals surface area contributed by atoms with E-state index in [4.69, 9.17) is 0 Å². The summed E-state index contributed by atoms with van der Waals surface area (Å²) in [5, 5.41) is 6.08. The Balaban J connectivity index is 1.51. The molecule has 6 heteroatoms. The largest absolute Gasteiger partial charge is 0.349 e. The quantitative estimate of drug-likeness (QED) is 0.619. The number of carbonyl (C=O) groups is 2. The van der Waals surface area contributed by atoms with Crippen LogP contribution in [0.15, 0.2) is 42.5 Å². The first-order valence-corrected chi connectivity index (χ1v) is 11.1. The summed E-state index contributed by atoms with van der Waals surface area (Å²) in [7, 11) is 0. The third-order valence-electron chi connectivity index (χ3n) is 6.10. The van der Waals surface area contributed by atoms with Crippen LogP contribution in [0.3, 0.4) is 0 Å². The summed E-state index contributed by atoms with van der Waals surface area (Å²) in [4.78, 5) is 30.2. The Morgan fingerprint density at radius 2 is 1.84 bits per heavy atom. The van der Waals surface area contributed by atoms with Gasteiger partial charge < -0.3 is 15.2 Å². The molecule has 31 heavy (non-hydrogen) atoms. The van der Waals surface area contributed by atoms with Gasteiger partial charge in [-0.3, -0.25) is 9.59 Å². The van der Waals surface area contributed by atoms with Crippen LogP contribution in [0, 0.1) is 19.8 Å². The van der Waals surface area contributed by atoms with Crippen LogP contribution in [0.5, 0.6) is 0 Å². The van der Waals surface area contributed by atoms with Crippen molar-refractivity contribution in [3.63, 3.8) is 0 Å². The number of para-hydroxylation sites is 2. The topological polar surface area (TPSA) is 76.0 Å². The van der Waals surface area contributed by atoms with E-state index < -0.39 is 0 Å². The summed E-state index contributed by atoms with van der Waals surface area (Å²) in [6.07, 6.45) is 5.38. The molecule has 1 aromatic heterocycles. The minimum absolute atomic E-state index is 0.0955. The van der Waals surface area contributed by atoms with Crippen molar-refractivity contribution in [1.29, 1.82) is 0 Å². The van der Waals surface area contributed by atoms with Gasteiger partial charge in [0, 0.05) is 11.6 Å². The molecule has 6 nitrogen and oxygen atoms in total. The highest BCUT2D eigenvalue weighted by atomic mass is 16.2. The third kappa shape index (κ3) is 4.95. The highest BCUT2D eigenvalue weighted by molar-refractivity contribution is 5.92. The maximum Gasteiger partial charge on any atom is 0.244 e. The highest BCUT2D eigenvalue weighted by Gasteiger charge is 2.22. The molecule has 0 aliphatic heterocycles. The van der Waals surface area contributed by atoms with Gasteiger partial charge >= 0.3 is 0 Å². The average Bonchev–Trinajstić information content (AvgIpc) is 3.12. The highest BCUT2D eigenvalue weighted by Crippen LogP contribution is 2.24. The minimum Gasteiger partial charge on any atom is -0.349 e. The number of aromatic nitrogens is 2. The molecule has 4 rings (SSSR count). The molecule has 2 amide bonds. The number of nitrogens with one attached hydrogen (secondary N) is 2. The van der Waals surface area contributed by atoms with Gasteiger partial charge in [-0.05, 0) is 56.0 Å². The van der Waals surface area contributed by atoms with Crippen molar-refractivity contribution in [3.8, 4) is 0 Å². The molecular weight excluding hydrogens is 388 g/mol. The van der Waals surface area contributed by atoms with E-state index in [1.165, 1.54) is 6.42 Å². The standard InChI is InChI=1S/C25H30N4O2/c1-17-12-13-18(2)21(14-17)28-24(30)16-29-22-11-7-6-10-20(22)27-23(29)15-26-25(31)19-8-4-3-5-9-19/h6-7,10-14,19H,3-5,8-9,15-16H2,1-2H3,(H,26,31)(H,28,30). The summed E-state index contributed by atoms with van der Waals surface area (Å²) in [6, 6.07) is 13.8. The van der Waals surface area contributed by atoms with E-state index in [0.717, 1.165) is 53.5 Å². The summed E-state index contributed by atoms with van der Waals surface area (Å²) in [5.74, 6) is 0.774. The summed E-state index contributed by atoms with van der Waals surface area (Å²) in [5.41, 5.74) is 4.65. The fourth-order valence-corrected chi connectivity index (χ4v) is 4.32. The van der Waals surface area contributed by atoms with Gasteiger partial charge in [-0.1, -0.05) is 43.5 Å². The Morgan fingerprint density at radius 3 is 2.65 bits per heavy atom. The van der Waals surface area contributed by atoms with Crippen LogP contribution >= 0.6 is 0 Å². The molecule has 0 radical (unpaired) electrons. The Bertz CT molecular complexity index is 1100. The number of nitrogens with zero attached hydrogens (tertiary/aromatic N) is 2. The van der Waals surface area contributed by atoms with Crippen LogP contribution in [0.2, 0.25) is 0 Å². The fraction of sp³-hybridized carbons (Fsp3) is 0.400. The molecule has 1 fully saturated rings. The lowest BCUT2D eigenvalue weighted by atomic mass is 9.89. The predicted molar refractivity (Wildman–Crippen MR) is 123 cm³/mol. The fourth-order valence-electron chi connectivity index (χ4n) is 4.32. The van der Waals surface area contributed by atoms with Crippen molar-refractivity contribution in [2.75, 3.05) is 5.32 Å². The second-order valence-electron chi connectivity index (χ2n) is 8.52. The average molecular weight is 419 g/mol. The molecule has 1 aliphatic rings. The minimum atomic E-state index is -0.114. The lowest BCUT2D eigenvalue weighted by Gasteiger charge is -2.20. The van der Waals surface area contributed by atoms with Gasteiger partial charge in [0.2, 0.25) is 11.8 Å². The molecule has 0 bridgehead atoms. The van der Waals surface area contributed by atoms with Crippen molar-refractivity contribution < 1.29 is 9.59 Å². The van der Waals surface area contributed by atoms with E-state index in [1.54, 1.807) is 0 Å². The zero-order valence-corrected chi connectivity index (χ0v) is 18.3. The molecule has 0 saturated heterocycles. The Morgan fingerprint density at radius 1 is 1.06 bits per heavy atom. The second-order valence-corrected chi connectivity index (χ2v) is 8.52. The number of aryl methyl sites for hydroxylation is 2. The lowest BCUT2D eigenvalue weighted by Crippen LogP contribution is -2.32. The van der Waals surface area contributed by atoms with Gasteiger partial charge in [-0.15, -0.1) is 0 Å². The van der Waals surface area contributed by atoms with Crippen LogP contribution < -0.4 is 10.6 Å². The Labute approximate surface area is 183 Å². The van der Waals surface area contributed by atoms with E-state index in [0.29, 0.717) is 12.4 Å². The van der Waals surface area contributed by atoms with Crippen molar-refractivity contribution in [1.82, 2.24) is 14.9 Å². The number of hydrogen-bond acceptors (Lipinski definition) is 3. The van der Waals surface area contributed by atoms with Crippen LogP contribution in [0.25, 0.3) is 11.0 Å². The predicted octanol–water partition coefficient (Wildman–Crippen LogP) is 4.49. The molecule has 0 spiro atoms. The maximum atomic E-state index is 12.9. The maximum absolute atomic E-state index is 12.9. The number of rotatable bonds is 6. The van der Waals surface area contributed by atoms with Crippen molar-refractivity contribution in [2.24, 2.45) is 5.92 Å². The van der Waals surface area contributed by atoms with Crippen molar-refractivity contribution in [3.05, 3.63) is 59.4 Å². The van der Waals surface area contributed by atoms with Crippen LogP contribution in [0.4, 0.5) is 5.69 Å². The summed E-state index contributed by atoms with van der Waals surface area (Å²) >= 11 is 0. The van der Waals surface area contributed by atoms with Gasteiger partial charge in [0.25, 0.3) is 0 Å². The first-order chi connectivity index (χ1) is 15.0. The smallest absolute Gasteiger partial charge is 0.244 e. The van der Waals surface area contributed by atoms with Gasteiger partial charge in [0.15, 0.2) is 0 Å². The van der Waals surface area contributed by atoms with Gasteiger partial charge in [0.05, 0.1) is 17.6 Å². The third-order valence-corrected chi connectivity index (χ3v) is 6.10. The van der Waals surface area contributed by atoms with E-state index in [1.807, 2.05) is 60.9 Å². The van der Waals surface area contributed by atoms with Crippen molar-refractivity contribution in [2.45, 2.75) is 59.0 Å². The number of imidazole rings is 1. The SMILES string of the molecule is Cc1ccc(C)c(NC(=O)Cn2c(CNC(=O)C3CCCCC3)nc3ccccc32)c1. The molecular formula is C25H30N4O2. The van der Waals surface area contributed by atoms with Crippen LogP contribution in [0.1, 0.15) is 49.1 Å². The zero-order chi connectivity index (χ0) is 21.8. The first-order valence-electron chi connectivity index (χ1n) is 11.1. The van der Waals surface area contributed by atoms with Crippen LogP contribution in [-0.2, 0) is 22.7 Å². The number of amides is 2. The summed E-state index contributed by atoms with van der Waals surface area (Å²) in [6.45, 7) is 4.45. The molecule has 1 aliphatic carbocycles. The molecule has 0 unspecified atom stereocenters. The van der Waals surface area contributed by atoms with E-state index in [9.17, 15) is 9.59 Å². The molecule has 0 atom stereocenters. The van der Waals surface area contributed by atoms with E-state index in [2.05, 4.69) is 15.6 Å². The molecule has 1 saturated carbocycles. The van der Waals surface area contributed by atoms with Gasteiger partial charge in [-0.2, -0.15) is 0 Å². The number of anilines is 1. The molecule has 2 N–H and O–H groups in total. The normalized spacial score (nSPS) is 14.5. The summed E-state index contributed by atoms with van der Waals surface area (Å²) < 4.78 is 1.90. The zero-order valence-electron chi connectivity index (χ0n) is 18.3. The van der Waals surface area contributed by atoms with Crippen LogP contribution in [-0.4, -0.2) is 21.4 Å². The van der Waals surface area contributed by atoms with E-state index >= 15 is 0 Å². The molecule has 2 aromatic carbocycles. The molecule has 1 heterocycles. The van der Waals surface area contributed by atoms with Crippen molar-refractivity contribution >= 4 is 28.5 Å². The number of carbonyl (C=O) groups excluding carboxylic acids is 2. The Hall–Kier alpha value is -3.15. The lowest BCUT2D eigenvalue weighted by molar-refractivity contribution is -0.126. The molecule has 3 aromatic rings. The van der Waals surface area contributed by atoms with Gasteiger partial charge in [-0.25, -0.2) is 4.98 Å². The Kier molecular flexibility index (Phi) is 6.35. The number of benzene rings is 2. The number of hydrogen-bond donors (Lipinski definition) is 2. The monoisotopic (exact) mass is 418 g/mol. The van der Waals surface area contributed by atoms with Gasteiger partial charge in [0.1, 0.15) is 12.4 Å².